The van der Waals surface area contributed by atoms with Crippen molar-refractivity contribution in [3.05, 3.63) is 24.3 Å². The van der Waals surface area contributed by atoms with Gasteiger partial charge in [0.05, 0.1) is 25.4 Å². The van der Waals surface area contributed by atoms with Crippen molar-refractivity contribution in [2.75, 3.05) is 13.2 Å². The Morgan fingerprint density at radius 2 is 0.588 bits per heavy atom. The number of aliphatic hydroxyl groups excluding tert-OH is 2. The lowest BCUT2D eigenvalue weighted by Crippen LogP contribution is -2.45. The Morgan fingerprint density at radius 3 is 0.900 bits per heavy atom. The van der Waals surface area contributed by atoms with E-state index in [1.165, 1.54) is 334 Å². The highest BCUT2D eigenvalue weighted by molar-refractivity contribution is 5.76. The Balaban J connectivity index is 3.36. The van der Waals surface area contributed by atoms with Gasteiger partial charge in [-0.25, -0.2) is 0 Å². The average molecular weight is 1130 g/mol. The van der Waals surface area contributed by atoms with Gasteiger partial charge in [-0.1, -0.05) is 346 Å². The summed E-state index contributed by atoms with van der Waals surface area (Å²) < 4.78 is 5.48. The molecule has 0 saturated carbocycles. The monoisotopic (exact) mass is 1130 g/mol. The lowest BCUT2D eigenvalue weighted by Gasteiger charge is -2.22. The van der Waals surface area contributed by atoms with Crippen molar-refractivity contribution in [2.45, 2.75) is 424 Å². The first-order chi connectivity index (χ1) is 39.5. The van der Waals surface area contributed by atoms with Gasteiger partial charge < -0.3 is 20.3 Å². The van der Waals surface area contributed by atoms with Gasteiger partial charge in [0.1, 0.15) is 0 Å². The molecule has 3 N–H and O–H groups in total. The second-order valence-corrected chi connectivity index (χ2v) is 25.3. The number of aliphatic hydroxyl groups is 2. The molecule has 0 aliphatic rings. The van der Waals surface area contributed by atoms with Gasteiger partial charge in [-0.2, -0.15) is 0 Å². The molecule has 0 heterocycles. The van der Waals surface area contributed by atoms with Crippen LogP contribution in [0.5, 0.6) is 0 Å². The van der Waals surface area contributed by atoms with Gasteiger partial charge in [-0.05, 0) is 77.0 Å². The van der Waals surface area contributed by atoms with E-state index in [0.717, 1.165) is 44.9 Å². The highest BCUT2D eigenvalue weighted by Crippen LogP contribution is 2.19. The van der Waals surface area contributed by atoms with E-state index < -0.39 is 12.1 Å². The Hall–Kier alpha value is -1.66. The van der Waals surface area contributed by atoms with Crippen molar-refractivity contribution in [3.8, 4) is 0 Å². The number of hydrogen-bond donors (Lipinski definition) is 3. The van der Waals surface area contributed by atoms with Crippen molar-refractivity contribution in [2.24, 2.45) is 0 Å². The minimum absolute atomic E-state index is 0.00908. The summed E-state index contributed by atoms with van der Waals surface area (Å²) >= 11 is 0. The molecule has 0 fully saturated rings. The summed E-state index contributed by atoms with van der Waals surface area (Å²) in [6, 6.07) is -0.540. The lowest BCUT2D eigenvalue weighted by atomic mass is 10.0. The third kappa shape index (κ3) is 65.5. The fraction of sp³-hybridized carbons (Fsp3) is 0.919. The van der Waals surface area contributed by atoms with Gasteiger partial charge >= 0.3 is 5.97 Å². The smallest absolute Gasteiger partial charge is 0.305 e. The van der Waals surface area contributed by atoms with Crippen LogP contribution in [0.25, 0.3) is 0 Å². The minimum atomic E-state index is -0.663. The molecule has 80 heavy (non-hydrogen) atoms. The van der Waals surface area contributed by atoms with Crippen molar-refractivity contribution in [1.82, 2.24) is 5.32 Å². The van der Waals surface area contributed by atoms with E-state index in [-0.39, 0.29) is 18.5 Å². The van der Waals surface area contributed by atoms with E-state index in [1.54, 1.807) is 0 Å². The van der Waals surface area contributed by atoms with Crippen LogP contribution in [0.2, 0.25) is 0 Å². The predicted octanol–water partition coefficient (Wildman–Crippen LogP) is 23.7. The summed E-state index contributed by atoms with van der Waals surface area (Å²) in [7, 11) is 0. The van der Waals surface area contributed by atoms with Crippen molar-refractivity contribution in [1.29, 1.82) is 0 Å². The summed E-state index contributed by atoms with van der Waals surface area (Å²) in [6.45, 7) is 4.98. The van der Waals surface area contributed by atoms with Crippen LogP contribution < -0.4 is 5.32 Å². The van der Waals surface area contributed by atoms with E-state index in [9.17, 15) is 19.8 Å². The molecule has 0 spiro atoms. The highest BCUT2D eigenvalue weighted by atomic mass is 16.5. The van der Waals surface area contributed by atoms with E-state index in [2.05, 4.69) is 43.5 Å². The number of ether oxygens (including phenoxy) is 1. The van der Waals surface area contributed by atoms with Crippen LogP contribution in [0.3, 0.4) is 0 Å². The van der Waals surface area contributed by atoms with Gasteiger partial charge in [-0.15, -0.1) is 0 Å². The van der Waals surface area contributed by atoms with Crippen LogP contribution in [-0.4, -0.2) is 47.4 Å². The highest BCUT2D eigenvalue weighted by Gasteiger charge is 2.20. The molecule has 6 heteroatoms. The maximum atomic E-state index is 12.5. The van der Waals surface area contributed by atoms with Crippen LogP contribution in [0, 0.1) is 0 Å². The van der Waals surface area contributed by atoms with Gasteiger partial charge in [-0.3, -0.25) is 9.59 Å². The summed E-state index contributed by atoms with van der Waals surface area (Å²) in [5.41, 5.74) is 0. The standard InChI is InChI=1S/C74H143NO5/c1-3-5-7-9-11-13-15-17-18-19-33-36-39-43-46-50-54-58-62-66-72(77)71(70-76)75-73(78)67-63-59-55-51-47-44-40-37-34-31-29-27-25-23-21-20-22-24-26-28-30-32-35-38-41-45-49-53-57-61-65-69-80-74(79)68-64-60-56-52-48-42-16-14-12-10-8-6-4-2/h14,16,22,24,71-72,76-77H,3-13,15,17-21,23,25-70H2,1-2H3,(H,75,78)/b16-14-,24-22-. The number of nitrogens with one attached hydrogen (secondary N) is 1. The molecule has 0 bridgehead atoms. The zero-order chi connectivity index (χ0) is 57.8. The van der Waals surface area contributed by atoms with Crippen molar-refractivity contribution < 1.29 is 24.5 Å². The second-order valence-electron chi connectivity index (χ2n) is 25.3. The van der Waals surface area contributed by atoms with Crippen molar-refractivity contribution in [3.63, 3.8) is 0 Å². The molecule has 474 valence electrons. The Labute approximate surface area is 501 Å². The van der Waals surface area contributed by atoms with Gasteiger partial charge in [0.15, 0.2) is 0 Å². The fourth-order valence-corrected chi connectivity index (χ4v) is 11.6. The number of carbonyl (C=O) groups is 2. The van der Waals surface area contributed by atoms with Gasteiger partial charge in [0, 0.05) is 12.8 Å². The first-order valence-electron chi connectivity index (χ1n) is 36.6. The molecule has 0 aromatic heterocycles. The lowest BCUT2D eigenvalue weighted by molar-refractivity contribution is -0.143. The first-order valence-corrected chi connectivity index (χ1v) is 36.6. The third-order valence-corrected chi connectivity index (χ3v) is 17.2. The third-order valence-electron chi connectivity index (χ3n) is 17.2. The molecular formula is C74H143NO5. The molecule has 2 unspecified atom stereocenters. The Morgan fingerprint density at radius 1 is 0.338 bits per heavy atom. The van der Waals surface area contributed by atoms with Crippen LogP contribution in [-0.2, 0) is 14.3 Å². The molecule has 0 radical (unpaired) electrons. The maximum absolute atomic E-state index is 12.5. The average Bonchev–Trinajstić information content (AvgIpc) is 3.46. The number of carbonyl (C=O) groups excluding carboxylic acids is 2. The number of esters is 1. The normalized spacial score (nSPS) is 12.6. The molecule has 2 atom stereocenters. The Bertz CT molecular complexity index is 1250. The fourth-order valence-electron chi connectivity index (χ4n) is 11.6. The maximum Gasteiger partial charge on any atom is 0.305 e. The molecule has 0 saturated heterocycles. The second kappa shape index (κ2) is 69.8. The molecule has 0 aliphatic heterocycles. The minimum Gasteiger partial charge on any atom is -0.466 e. The van der Waals surface area contributed by atoms with Crippen LogP contribution in [0.4, 0.5) is 0 Å². The van der Waals surface area contributed by atoms with E-state index >= 15 is 0 Å². The summed E-state index contributed by atoms with van der Waals surface area (Å²) in [6.07, 6.45) is 88.1. The number of amides is 1. The number of rotatable bonds is 69. The molecular weight excluding hydrogens is 983 g/mol. The van der Waals surface area contributed by atoms with Crippen LogP contribution in [0.15, 0.2) is 24.3 Å². The molecule has 0 aromatic carbocycles. The van der Waals surface area contributed by atoms with E-state index in [4.69, 9.17) is 4.74 Å². The van der Waals surface area contributed by atoms with Crippen LogP contribution >= 0.6 is 0 Å². The number of allylic oxidation sites excluding steroid dienone is 4. The number of unbranched alkanes of at least 4 members (excludes halogenated alkanes) is 54. The van der Waals surface area contributed by atoms with E-state index in [0.29, 0.717) is 25.9 Å². The molecule has 6 nitrogen and oxygen atoms in total. The number of hydrogen-bond acceptors (Lipinski definition) is 5. The molecule has 0 aromatic rings. The molecule has 0 aliphatic carbocycles. The van der Waals surface area contributed by atoms with Gasteiger partial charge in [0.2, 0.25) is 5.91 Å². The topological polar surface area (TPSA) is 95.9 Å². The zero-order valence-corrected chi connectivity index (χ0v) is 54.3. The molecule has 0 rings (SSSR count). The zero-order valence-electron chi connectivity index (χ0n) is 54.3. The Kier molecular flexibility index (Phi) is 68.4. The summed E-state index contributed by atoms with van der Waals surface area (Å²) in [4.78, 5) is 24.6. The molecule has 1 amide bonds. The largest absolute Gasteiger partial charge is 0.466 e. The van der Waals surface area contributed by atoms with Gasteiger partial charge in [0.25, 0.3) is 0 Å². The first kappa shape index (κ1) is 78.3. The predicted molar refractivity (Wildman–Crippen MR) is 352 cm³/mol. The van der Waals surface area contributed by atoms with E-state index in [1.807, 2.05) is 0 Å². The summed E-state index contributed by atoms with van der Waals surface area (Å²) in [5, 5.41) is 23.4. The van der Waals surface area contributed by atoms with Crippen molar-refractivity contribution >= 4 is 11.9 Å². The van der Waals surface area contributed by atoms with Crippen LogP contribution in [0.1, 0.15) is 412 Å². The SMILES string of the molecule is CCCCCC/C=C\CCCCCCCC(=O)OCCCCCCCCCCCCCC/C=C\CCCCCCCCCCCCCCCCCC(=O)NC(CO)C(O)CCCCCCCCCCCCCCCCCCCCC. The summed E-state index contributed by atoms with van der Waals surface area (Å²) in [5.74, 6) is -0.0195. The quantitative estimate of drug-likeness (QED) is 0.0320.